The van der Waals surface area contributed by atoms with Crippen molar-refractivity contribution in [3.8, 4) is 5.75 Å². The summed E-state index contributed by atoms with van der Waals surface area (Å²) in [7, 11) is 0. The number of nitrogens with one attached hydrogen (secondary N) is 1. The Kier molecular flexibility index (Phi) is 4.81. The zero-order chi connectivity index (χ0) is 14.4. The van der Waals surface area contributed by atoms with Gasteiger partial charge in [0.05, 0.1) is 18.0 Å². The Bertz CT molecular complexity index is 542. The van der Waals surface area contributed by atoms with E-state index in [9.17, 15) is 4.39 Å². The lowest BCUT2D eigenvalue weighted by Crippen LogP contribution is -2.09. The molecule has 0 unspecified atom stereocenters. The van der Waals surface area contributed by atoms with Crippen LogP contribution in [0.4, 0.5) is 15.8 Å². The van der Waals surface area contributed by atoms with Gasteiger partial charge in [-0.05, 0) is 19.4 Å². The molecule has 1 heterocycles. The van der Waals surface area contributed by atoms with Gasteiger partial charge in [-0.3, -0.25) is 4.68 Å². The van der Waals surface area contributed by atoms with E-state index < -0.39 is 5.82 Å². The molecule has 6 heteroatoms. The average molecular weight is 278 g/mol. The molecule has 0 spiro atoms. The average Bonchev–Trinajstić information content (AvgIpc) is 2.92. The van der Waals surface area contributed by atoms with E-state index >= 15 is 0 Å². The minimum absolute atomic E-state index is 0.219. The Morgan fingerprint density at radius 1 is 1.45 bits per heavy atom. The summed E-state index contributed by atoms with van der Waals surface area (Å²) in [6, 6.07) is 4.77. The van der Waals surface area contributed by atoms with Crippen LogP contribution in [0.2, 0.25) is 0 Å². The molecule has 1 aromatic carbocycles. The molecule has 0 aliphatic rings. The van der Waals surface area contributed by atoms with Gasteiger partial charge >= 0.3 is 0 Å². The number of nitrogen functional groups attached to an aromatic ring is 1. The van der Waals surface area contributed by atoms with Crippen LogP contribution >= 0.6 is 0 Å². The zero-order valence-corrected chi connectivity index (χ0v) is 11.5. The van der Waals surface area contributed by atoms with Gasteiger partial charge in [0, 0.05) is 37.6 Å². The maximum absolute atomic E-state index is 13.5. The lowest BCUT2D eigenvalue weighted by Gasteiger charge is -2.12. The van der Waals surface area contributed by atoms with E-state index in [2.05, 4.69) is 10.4 Å². The third-order valence-corrected chi connectivity index (χ3v) is 2.84. The van der Waals surface area contributed by atoms with Crippen molar-refractivity contribution in [3.63, 3.8) is 0 Å². The quantitative estimate of drug-likeness (QED) is 0.603. The number of benzene rings is 1. The molecule has 108 valence electrons. The van der Waals surface area contributed by atoms with Crippen LogP contribution in [0.25, 0.3) is 0 Å². The highest BCUT2D eigenvalue weighted by Crippen LogP contribution is 2.28. The molecule has 2 aromatic rings. The molecule has 0 radical (unpaired) electrons. The maximum Gasteiger partial charge on any atom is 0.167 e. The SMILES string of the molecule is CCOc1cc(NCCCn2cccn2)c(N)cc1F. The van der Waals surface area contributed by atoms with Crippen LogP contribution in [0.3, 0.4) is 0 Å². The van der Waals surface area contributed by atoms with Crippen molar-refractivity contribution in [1.29, 1.82) is 0 Å². The number of aryl methyl sites for hydroxylation is 1. The van der Waals surface area contributed by atoms with E-state index in [1.807, 2.05) is 23.9 Å². The predicted molar refractivity (Wildman–Crippen MR) is 77.3 cm³/mol. The highest BCUT2D eigenvalue weighted by molar-refractivity contribution is 5.68. The maximum atomic E-state index is 13.5. The molecule has 0 saturated carbocycles. The third-order valence-electron chi connectivity index (χ3n) is 2.84. The number of aromatic nitrogens is 2. The molecular weight excluding hydrogens is 259 g/mol. The van der Waals surface area contributed by atoms with Crippen molar-refractivity contribution >= 4 is 11.4 Å². The fourth-order valence-corrected chi connectivity index (χ4v) is 1.88. The summed E-state index contributed by atoms with van der Waals surface area (Å²) in [5.74, 6) is -0.220. The number of halogens is 1. The monoisotopic (exact) mass is 278 g/mol. The van der Waals surface area contributed by atoms with Gasteiger partial charge in [-0.25, -0.2) is 4.39 Å². The molecule has 1 aromatic heterocycles. The van der Waals surface area contributed by atoms with Crippen molar-refractivity contribution in [2.45, 2.75) is 19.9 Å². The molecule has 0 bridgehead atoms. The number of rotatable bonds is 7. The second kappa shape index (κ2) is 6.79. The van der Waals surface area contributed by atoms with E-state index in [0.29, 0.717) is 18.0 Å². The topological polar surface area (TPSA) is 65.1 Å². The van der Waals surface area contributed by atoms with Crippen LogP contribution in [0, 0.1) is 5.82 Å². The van der Waals surface area contributed by atoms with Crippen molar-refractivity contribution in [2.75, 3.05) is 24.2 Å². The number of anilines is 2. The largest absolute Gasteiger partial charge is 0.491 e. The number of hydrogen-bond acceptors (Lipinski definition) is 4. The molecular formula is C14H19FN4O. The first-order valence-corrected chi connectivity index (χ1v) is 6.64. The van der Waals surface area contributed by atoms with Gasteiger partial charge in [0.2, 0.25) is 0 Å². The predicted octanol–water partition coefficient (Wildman–Crippen LogP) is 2.51. The van der Waals surface area contributed by atoms with E-state index in [1.165, 1.54) is 6.07 Å². The second-order valence-corrected chi connectivity index (χ2v) is 4.35. The fraction of sp³-hybridized carbons (Fsp3) is 0.357. The van der Waals surface area contributed by atoms with E-state index in [1.54, 1.807) is 12.3 Å². The highest BCUT2D eigenvalue weighted by atomic mass is 19.1. The molecule has 20 heavy (non-hydrogen) atoms. The summed E-state index contributed by atoms with van der Waals surface area (Å²) in [5.41, 5.74) is 6.86. The van der Waals surface area contributed by atoms with E-state index in [4.69, 9.17) is 10.5 Å². The summed E-state index contributed by atoms with van der Waals surface area (Å²) in [5, 5.41) is 7.31. The first-order chi connectivity index (χ1) is 9.70. The summed E-state index contributed by atoms with van der Waals surface area (Å²) < 4.78 is 20.6. The fourth-order valence-electron chi connectivity index (χ4n) is 1.88. The Labute approximate surface area is 117 Å². The second-order valence-electron chi connectivity index (χ2n) is 4.35. The molecule has 0 aliphatic heterocycles. The molecule has 0 amide bonds. The third kappa shape index (κ3) is 3.63. The summed E-state index contributed by atoms with van der Waals surface area (Å²) in [6.07, 6.45) is 4.56. The summed E-state index contributed by atoms with van der Waals surface area (Å²) in [6.45, 7) is 3.77. The van der Waals surface area contributed by atoms with Gasteiger partial charge in [-0.2, -0.15) is 5.10 Å². The Morgan fingerprint density at radius 3 is 3.00 bits per heavy atom. The Hall–Kier alpha value is -2.24. The standard InChI is InChI=1S/C14H19FN4O/c1-2-20-14-10-13(12(16)9-11(14)15)17-5-3-7-19-8-4-6-18-19/h4,6,8-10,17H,2-3,5,7,16H2,1H3. The lowest BCUT2D eigenvalue weighted by molar-refractivity contribution is 0.322. The molecule has 0 atom stereocenters. The molecule has 0 saturated heterocycles. The minimum atomic E-state index is -0.438. The van der Waals surface area contributed by atoms with Gasteiger partial charge < -0.3 is 15.8 Å². The van der Waals surface area contributed by atoms with Crippen molar-refractivity contribution in [1.82, 2.24) is 9.78 Å². The van der Waals surface area contributed by atoms with Crippen LogP contribution in [0.1, 0.15) is 13.3 Å². The molecule has 0 aliphatic carbocycles. The molecule has 2 rings (SSSR count). The van der Waals surface area contributed by atoms with Crippen LogP contribution in [-0.4, -0.2) is 22.9 Å². The Balaban J connectivity index is 1.89. The van der Waals surface area contributed by atoms with Gasteiger partial charge in [-0.15, -0.1) is 0 Å². The first-order valence-electron chi connectivity index (χ1n) is 6.64. The van der Waals surface area contributed by atoms with Crippen molar-refractivity contribution in [3.05, 3.63) is 36.4 Å². The Morgan fingerprint density at radius 2 is 2.30 bits per heavy atom. The van der Waals surface area contributed by atoms with Gasteiger partial charge in [0.15, 0.2) is 11.6 Å². The van der Waals surface area contributed by atoms with Crippen LogP contribution < -0.4 is 15.8 Å². The lowest BCUT2D eigenvalue weighted by atomic mass is 10.2. The zero-order valence-electron chi connectivity index (χ0n) is 11.5. The highest BCUT2D eigenvalue weighted by Gasteiger charge is 2.08. The smallest absolute Gasteiger partial charge is 0.167 e. The van der Waals surface area contributed by atoms with Crippen molar-refractivity contribution in [2.24, 2.45) is 0 Å². The van der Waals surface area contributed by atoms with Gasteiger partial charge in [-0.1, -0.05) is 0 Å². The molecule has 3 N–H and O–H groups in total. The van der Waals surface area contributed by atoms with Gasteiger partial charge in [0.1, 0.15) is 0 Å². The van der Waals surface area contributed by atoms with Crippen LogP contribution in [0.5, 0.6) is 5.75 Å². The number of nitrogens with zero attached hydrogens (tertiary/aromatic N) is 2. The number of nitrogens with two attached hydrogens (primary N) is 1. The molecule has 5 nitrogen and oxygen atoms in total. The number of ether oxygens (including phenoxy) is 1. The van der Waals surface area contributed by atoms with E-state index in [-0.39, 0.29) is 5.75 Å². The van der Waals surface area contributed by atoms with Crippen LogP contribution in [-0.2, 0) is 6.54 Å². The first kappa shape index (κ1) is 14.2. The normalized spacial score (nSPS) is 10.5. The van der Waals surface area contributed by atoms with Gasteiger partial charge in [0.25, 0.3) is 0 Å². The summed E-state index contributed by atoms with van der Waals surface area (Å²) in [4.78, 5) is 0. The summed E-state index contributed by atoms with van der Waals surface area (Å²) >= 11 is 0. The van der Waals surface area contributed by atoms with Crippen LogP contribution in [0.15, 0.2) is 30.6 Å². The minimum Gasteiger partial charge on any atom is -0.491 e. The van der Waals surface area contributed by atoms with Crippen molar-refractivity contribution < 1.29 is 9.13 Å². The van der Waals surface area contributed by atoms with E-state index in [0.717, 1.165) is 19.5 Å². The molecule has 0 fully saturated rings. The number of hydrogen-bond donors (Lipinski definition) is 2.